The summed E-state index contributed by atoms with van der Waals surface area (Å²) in [6, 6.07) is 80.2. The number of para-hydroxylation sites is 5. The Hall–Kier alpha value is -8.47. The van der Waals surface area contributed by atoms with Gasteiger partial charge in [-0.3, -0.25) is 0 Å². The van der Waals surface area contributed by atoms with Gasteiger partial charge in [-0.25, -0.2) is 4.98 Å². The van der Waals surface area contributed by atoms with Crippen LogP contribution in [-0.2, 0) is 0 Å². The number of rotatable bonds is 6. The van der Waals surface area contributed by atoms with E-state index in [1.54, 1.807) is 0 Å². The van der Waals surface area contributed by atoms with E-state index in [4.69, 9.17) is 9.40 Å². The van der Waals surface area contributed by atoms with Crippen molar-refractivity contribution >= 4 is 65.5 Å². The first-order valence-corrected chi connectivity index (χ1v) is 21.5. The Morgan fingerprint density at radius 2 is 0.778 bits per heavy atom. The van der Waals surface area contributed by atoms with Crippen LogP contribution in [0.3, 0.4) is 0 Å². The smallest absolute Gasteiger partial charge is 0.162 e. The van der Waals surface area contributed by atoms with Crippen molar-refractivity contribution in [2.45, 2.75) is 0 Å². The summed E-state index contributed by atoms with van der Waals surface area (Å²) in [6.45, 7) is 0. The van der Waals surface area contributed by atoms with E-state index in [1.165, 1.54) is 43.6 Å². The van der Waals surface area contributed by atoms with Gasteiger partial charge in [0.05, 0.1) is 27.6 Å². The molecule has 0 atom stereocenters. The van der Waals surface area contributed by atoms with Crippen LogP contribution in [0, 0.1) is 0 Å². The summed E-state index contributed by atoms with van der Waals surface area (Å²) in [4.78, 5) is 5.40. The average Bonchev–Trinajstić information content (AvgIpc) is 4.03. The molecule has 4 heteroatoms. The molecule has 0 saturated heterocycles. The maximum absolute atomic E-state index is 7.11. The van der Waals surface area contributed by atoms with E-state index >= 15 is 0 Å². The van der Waals surface area contributed by atoms with Gasteiger partial charge >= 0.3 is 0 Å². The van der Waals surface area contributed by atoms with Crippen LogP contribution in [0.1, 0.15) is 0 Å². The fraction of sp³-hybridized carbons (Fsp3) is 0. The van der Waals surface area contributed by atoms with Crippen LogP contribution in [0.4, 0.5) is 0 Å². The molecule has 0 aliphatic carbocycles. The summed E-state index contributed by atoms with van der Waals surface area (Å²) >= 11 is 0. The summed E-state index contributed by atoms with van der Waals surface area (Å²) in [5, 5.41) is 7.05. The molecule has 0 aliphatic rings. The minimum atomic E-state index is 0.772. The monoisotopic (exact) mass is 803 g/mol. The van der Waals surface area contributed by atoms with Crippen molar-refractivity contribution in [2.24, 2.45) is 0 Å². The predicted octanol–water partition coefficient (Wildman–Crippen LogP) is 15.8. The second-order valence-corrected chi connectivity index (χ2v) is 16.3. The molecule has 9 aromatic carbocycles. The highest BCUT2D eigenvalue weighted by molar-refractivity contribution is 6.18. The van der Waals surface area contributed by atoms with Crippen LogP contribution in [-0.4, -0.2) is 14.1 Å². The van der Waals surface area contributed by atoms with Crippen LogP contribution in [0.25, 0.3) is 122 Å². The zero-order valence-corrected chi connectivity index (χ0v) is 34.1. The van der Waals surface area contributed by atoms with E-state index in [0.29, 0.717) is 0 Å². The summed E-state index contributed by atoms with van der Waals surface area (Å²) < 4.78 is 11.9. The molecule has 0 bridgehead atoms. The molecular weight excluding hydrogens is 767 g/mol. The maximum Gasteiger partial charge on any atom is 0.162 e. The largest absolute Gasteiger partial charge is 0.453 e. The third-order valence-electron chi connectivity index (χ3n) is 12.7. The number of pyridine rings is 1. The number of fused-ring (bicyclic) bond motifs is 9. The summed E-state index contributed by atoms with van der Waals surface area (Å²) in [7, 11) is 0. The van der Waals surface area contributed by atoms with E-state index in [1.807, 2.05) is 6.07 Å². The molecule has 13 rings (SSSR count). The van der Waals surface area contributed by atoms with Crippen molar-refractivity contribution in [2.75, 3.05) is 0 Å². The Morgan fingerprint density at radius 3 is 1.33 bits per heavy atom. The Kier molecular flexibility index (Phi) is 7.87. The molecule has 63 heavy (non-hydrogen) atoms. The van der Waals surface area contributed by atoms with Crippen LogP contribution >= 0.6 is 0 Å². The van der Waals surface area contributed by atoms with Crippen molar-refractivity contribution in [3.05, 3.63) is 224 Å². The second kappa shape index (κ2) is 14.1. The first-order valence-electron chi connectivity index (χ1n) is 21.5. The van der Waals surface area contributed by atoms with Gasteiger partial charge in [-0.05, 0) is 71.3 Å². The number of aromatic nitrogens is 3. The highest BCUT2D eigenvalue weighted by Gasteiger charge is 2.24. The standard InChI is InChI=1S/C59H37N3O/c1-3-18-38(19-4-1)55-56-49-28-7-12-29-50(49)60-57(59(56)63-58(55)39-20-5-2-6-21-39)41-23-17-22-40(34-41)42-35-43(61-51-30-13-8-24-45(51)46-25-9-14-31-52(46)61)37-44(36-42)62-53-32-15-10-26-47(53)48-27-11-16-33-54(48)62/h1-37H. The highest BCUT2D eigenvalue weighted by atomic mass is 16.3. The molecule has 13 aromatic rings. The molecule has 4 heterocycles. The minimum Gasteiger partial charge on any atom is -0.453 e. The molecule has 0 amide bonds. The normalized spacial score (nSPS) is 11.8. The fourth-order valence-electron chi connectivity index (χ4n) is 9.94. The summed E-state index contributed by atoms with van der Waals surface area (Å²) in [6.07, 6.45) is 0. The number of furan rings is 1. The van der Waals surface area contributed by atoms with E-state index in [-0.39, 0.29) is 0 Å². The Labute approximate surface area is 363 Å². The molecule has 4 nitrogen and oxygen atoms in total. The van der Waals surface area contributed by atoms with Crippen molar-refractivity contribution in [1.29, 1.82) is 0 Å². The predicted molar refractivity (Wildman–Crippen MR) is 262 cm³/mol. The van der Waals surface area contributed by atoms with Gasteiger partial charge < -0.3 is 13.6 Å². The third kappa shape index (κ3) is 5.52. The SMILES string of the molecule is c1ccc(-c2oc3c(-c4cccc(-c5cc(-n6c7ccccc7c7ccccc76)cc(-n6c7ccccc7c7ccccc76)c5)c4)nc4ccccc4c3c2-c2ccccc2)cc1. The lowest BCUT2D eigenvalue weighted by molar-refractivity contribution is 0.632. The molecule has 0 aliphatic heterocycles. The van der Waals surface area contributed by atoms with Crippen LogP contribution in [0.5, 0.6) is 0 Å². The molecule has 4 aromatic heterocycles. The van der Waals surface area contributed by atoms with E-state index in [2.05, 4.69) is 228 Å². The maximum atomic E-state index is 7.11. The average molecular weight is 804 g/mol. The Balaban J connectivity index is 1.08. The number of nitrogens with zero attached hydrogens (tertiary/aromatic N) is 3. The summed E-state index contributed by atoms with van der Waals surface area (Å²) in [5.74, 6) is 0.835. The van der Waals surface area contributed by atoms with Crippen molar-refractivity contribution in [1.82, 2.24) is 14.1 Å². The van der Waals surface area contributed by atoms with Crippen LogP contribution in [0.2, 0.25) is 0 Å². The Morgan fingerprint density at radius 1 is 0.333 bits per heavy atom. The quantitative estimate of drug-likeness (QED) is 0.168. The molecule has 294 valence electrons. The van der Waals surface area contributed by atoms with Gasteiger partial charge in [-0.2, -0.15) is 0 Å². The van der Waals surface area contributed by atoms with Gasteiger partial charge in [0, 0.05) is 60.4 Å². The zero-order valence-electron chi connectivity index (χ0n) is 34.1. The minimum absolute atomic E-state index is 0.772. The summed E-state index contributed by atoms with van der Waals surface area (Å²) in [5.41, 5.74) is 15.7. The molecule has 0 radical (unpaired) electrons. The molecule has 0 fully saturated rings. The van der Waals surface area contributed by atoms with Crippen molar-refractivity contribution in [3.8, 4) is 56.2 Å². The van der Waals surface area contributed by atoms with Crippen LogP contribution in [0.15, 0.2) is 229 Å². The Bertz CT molecular complexity index is 3670. The van der Waals surface area contributed by atoms with Gasteiger partial charge in [0.25, 0.3) is 0 Å². The van der Waals surface area contributed by atoms with Gasteiger partial charge in [-0.1, -0.05) is 170 Å². The topological polar surface area (TPSA) is 35.9 Å². The molecule has 0 N–H and O–H groups in total. The van der Waals surface area contributed by atoms with E-state index in [0.717, 1.165) is 78.1 Å². The van der Waals surface area contributed by atoms with E-state index in [9.17, 15) is 0 Å². The van der Waals surface area contributed by atoms with Gasteiger partial charge in [0.15, 0.2) is 5.58 Å². The lowest BCUT2D eigenvalue weighted by Crippen LogP contribution is -2.00. The first kappa shape index (κ1) is 35.3. The van der Waals surface area contributed by atoms with Gasteiger partial charge in [0.1, 0.15) is 11.5 Å². The molecule has 0 saturated carbocycles. The molecule has 0 unspecified atom stereocenters. The molecule has 0 spiro atoms. The third-order valence-corrected chi connectivity index (χ3v) is 12.7. The van der Waals surface area contributed by atoms with Crippen molar-refractivity contribution in [3.63, 3.8) is 0 Å². The van der Waals surface area contributed by atoms with Crippen LogP contribution < -0.4 is 0 Å². The zero-order chi connectivity index (χ0) is 41.4. The van der Waals surface area contributed by atoms with Gasteiger partial charge in [-0.15, -0.1) is 0 Å². The second-order valence-electron chi connectivity index (χ2n) is 16.3. The lowest BCUT2D eigenvalue weighted by atomic mass is 9.95. The van der Waals surface area contributed by atoms with Crippen molar-refractivity contribution < 1.29 is 4.42 Å². The lowest BCUT2D eigenvalue weighted by Gasteiger charge is -2.16. The molecular formula is C59H37N3O. The van der Waals surface area contributed by atoms with E-state index < -0.39 is 0 Å². The number of benzene rings is 9. The van der Waals surface area contributed by atoms with Gasteiger partial charge in [0.2, 0.25) is 0 Å². The number of hydrogen-bond acceptors (Lipinski definition) is 2. The first-order chi connectivity index (χ1) is 31.3. The highest BCUT2D eigenvalue weighted by Crippen LogP contribution is 2.47. The number of hydrogen-bond donors (Lipinski definition) is 0. The fourth-order valence-corrected chi connectivity index (χ4v) is 9.94.